The highest BCUT2D eigenvalue weighted by Gasteiger charge is 2.33. The first-order valence-corrected chi connectivity index (χ1v) is 8.13. The molecule has 1 unspecified atom stereocenters. The van der Waals surface area contributed by atoms with Crippen LogP contribution >= 0.6 is 11.3 Å². The van der Waals surface area contributed by atoms with Gasteiger partial charge in [0.05, 0.1) is 5.60 Å². The summed E-state index contributed by atoms with van der Waals surface area (Å²) in [7, 11) is 0. The van der Waals surface area contributed by atoms with Crippen LogP contribution < -0.4 is 0 Å². The molecule has 0 aliphatic carbocycles. The first-order valence-electron chi connectivity index (χ1n) is 7.25. The number of hydrogen-bond acceptors (Lipinski definition) is 3. The van der Waals surface area contributed by atoms with Gasteiger partial charge in [0.1, 0.15) is 0 Å². The Morgan fingerprint density at radius 1 is 1.15 bits per heavy atom. The fourth-order valence-electron chi connectivity index (χ4n) is 3.06. The lowest BCUT2D eigenvalue weighted by molar-refractivity contribution is -0.0321. The molecule has 20 heavy (non-hydrogen) atoms. The fraction of sp³-hybridized carbons (Fsp3) is 0.412. The minimum Gasteiger partial charge on any atom is -0.388 e. The molecule has 3 heteroatoms. The van der Waals surface area contributed by atoms with Crippen LogP contribution in [0.15, 0.2) is 47.8 Å². The standard InChI is InChI=1S/C17H21NOS/c19-17(12-16-8-4-11-20-16)9-5-10-18(14-17)13-15-6-2-1-3-7-15/h1-4,6-8,11,19H,5,9-10,12-14H2. The average Bonchev–Trinajstić information content (AvgIpc) is 2.92. The predicted octanol–water partition coefficient (Wildman–Crippen LogP) is 3.32. The molecular weight excluding hydrogens is 266 g/mol. The Hall–Kier alpha value is -1.16. The molecule has 0 amide bonds. The van der Waals surface area contributed by atoms with E-state index in [-0.39, 0.29) is 0 Å². The van der Waals surface area contributed by atoms with E-state index >= 15 is 0 Å². The largest absolute Gasteiger partial charge is 0.388 e. The first kappa shape index (κ1) is 13.8. The van der Waals surface area contributed by atoms with Crippen LogP contribution in [0, 0.1) is 0 Å². The Labute approximate surface area is 124 Å². The van der Waals surface area contributed by atoms with E-state index in [1.807, 2.05) is 6.07 Å². The number of β-amino-alcohol motifs (C(OH)–C–C–N with tert-alkyl or cyclic N) is 1. The first-order chi connectivity index (χ1) is 9.73. The normalized spacial score (nSPS) is 23.9. The summed E-state index contributed by atoms with van der Waals surface area (Å²) >= 11 is 1.74. The zero-order chi connectivity index (χ0) is 13.8. The van der Waals surface area contributed by atoms with Crippen LogP contribution in [-0.4, -0.2) is 28.7 Å². The molecule has 1 aromatic heterocycles. The van der Waals surface area contributed by atoms with Crippen molar-refractivity contribution in [2.75, 3.05) is 13.1 Å². The van der Waals surface area contributed by atoms with Crippen molar-refractivity contribution in [3.8, 4) is 0 Å². The van der Waals surface area contributed by atoms with E-state index in [1.165, 1.54) is 10.4 Å². The van der Waals surface area contributed by atoms with Crippen molar-refractivity contribution in [1.29, 1.82) is 0 Å². The third-order valence-corrected chi connectivity index (χ3v) is 4.84. The Bertz CT molecular complexity index is 525. The zero-order valence-corrected chi connectivity index (χ0v) is 12.5. The minimum atomic E-state index is -0.558. The van der Waals surface area contributed by atoms with E-state index in [0.717, 1.165) is 38.9 Å². The third-order valence-electron chi connectivity index (χ3n) is 3.97. The summed E-state index contributed by atoms with van der Waals surface area (Å²) in [5, 5.41) is 12.9. The van der Waals surface area contributed by atoms with Gasteiger partial charge in [-0.3, -0.25) is 4.90 Å². The molecule has 0 radical (unpaired) electrons. The van der Waals surface area contributed by atoms with Crippen molar-refractivity contribution < 1.29 is 5.11 Å². The molecule has 1 saturated heterocycles. The van der Waals surface area contributed by atoms with Gasteiger partial charge in [0.25, 0.3) is 0 Å². The number of likely N-dealkylation sites (tertiary alicyclic amines) is 1. The van der Waals surface area contributed by atoms with E-state index in [4.69, 9.17) is 0 Å². The van der Waals surface area contributed by atoms with Gasteiger partial charge in [-0.25, -0.2) is 0 Å². The summed E-state index contributed by atoms with van der Waals surface area (Å²) in [5.74, 6) is 0. The molecule has 0 bridgehead atoms. The monoisotopic (exact) mass is 287 g/mol. The highest BCUT2D eigenvalue weighted by molar-refractivity contribution is 7.09. The van der Waals surface area contributed by atoms with Gasteiger partial charge in [-0.05, 0) is 36.4 Å². The van der Waals surface area contributed by atoms with Crippen molar-refractivity contribution in [2.24, 2.45) is 0 Å². The summed E-state index contributed by atoms with van der Waals surface area (Å²) in [4.78, 5) is 3.67. The Kier molecular flexibility index (Phi) is 4.20. The second-order valence-corrected chi connectivity index (χ2v) is 6.81. The Morgan fingerprint density at radius 3 is 2.75 bits per heavy atom. The molecule has 3 rings (SSSR count). The molecule has 1 N–H and O–H groups in total. The van der Waals surface area contributed by atoms with Crippen LogP contribution in [0.5, 0.6) is 0 Å². The van der Waals surface area contributed by atoms with Crippen LogP contribution in [0.1, 0.15) is 23.3 Å². The second kappa shape index (κ2) is 6.08. The highest BCUT2D eigenvalue weighted by atomic mass is 32.1. The molecule has 2 aromatic rings. The van der Waals surface area contributed by atoms with Crippen molar-refractivity contribution in [3.63, 3.8) is 0 Å². The van der Waals surface area contributed by atoms with Crippen LogP contribution in [0.2, 0.25) is 0 Å². The average molecular weight is 287 g/mol. The lowest BCUT2D eigenvalue weighted by atomic mass is 9.89. The van der Waals surface area contributed by atoms with Gasteiger partial charge in [0.2, 0.25) is 0 Å². The number of benzene rings is 1. The van der Waals surface area contributed by atoms with Gasteiger partial charge in [-0.2, -0.15) is 0 Å². The van der Waals surface area contributed by atoms with Crippen LogP contribution in [-0.2, 0) is 13.0 Å². The summed E-state index contributed by atoms with van der Waals surface area (Å²) < 4.78 is 0. The highest BCUT2D eigenvalue weighted by Crippen LogP contribution is 2.27. The van der Waals surface area contributed by atoms with E-state index in [9.17, 15) is 5.11 Å². The Balaban J connectivity index is 1.64. The van der Waals surface area contributed by atoms with Gasteiger partial charge < -0.3 is 5.11 Å². The number of piperidine rings is 1. The number of nitrogens with zero attached hydrogens (tertiary/aromatic N) is 1. The topological polar surface area (TPSA) is 23.5 Å². The molecular formula is C17H21NOS. The SMILES string of the molecule is OC1(Cc2cccs2)CCCN(Cc2ccccc2)C1. The molecule has 0 spiro atoms. The number of aliphatic hydroxyl groups is 1. The summed E-state index contributed by atoms with van der Waals surface area (Å²) in [5.41, 5.74) is 0.769. The van der Waals surface area contributed by atoms with Crippen molar-refractivity contribution in [3.05, 3.63) is 58.3 Å². The van der Waals surface area contributed by atoms with Crippen LogP contribution in [0.25, 0.3) is 0 Å². The molecule has 1 aliphatic rings. The lowest BCUT2D eigenvalue weighted by Crippen LogP contribution is -2.48. The number of hydrogen-bond donors (Lipinski definition) is 1. The quantitative estimate of drug-likeness (QED) is 0.932. The maximum atomic E-state index is 10.9. The van der Waals surface area contributed by atoms with E-state index in [2.05, 4.69) is 46.7 Å². The van der Waals surface area contributed by atoms with Gasteiger partial charge >= 0.3 is 0 Å². The molecule has 1 aromatic carbocycles. The molecule has 1 fully saturated rings. The molecule has 1 atom stereocenters. The summed E-state index contributed by atoms with van der Waals surface area (Å²) in [6.07, 6.45) is 2.78. The second-order valence-electron chi connectivity index (χ2n) is 5.78. The number of thiophene rings is 1. The maximum Gasteiger partial charge on any atom is 0.0822 e. The molecule has 106 valence electrons. The smallest absolute Gasteiger partial charge is 0.0822 e. The van der Waals surface area contributed by atoms with Gasteiger partial charge in [-0.15, -0.1) is 11.3 Å². The van der Waals surface area contributed by atoms with E-state index < -0.39 is 5.60 Å². The van der Waals surface area contributed by atoms with Crippen molar-refractivity contribution in [2.45, 2.75) is 31.4 Å². The predicted molar refractivity (Wildman–Crippen MR) is 83.9 cm³/mol. The van der Waals surface area contributed by atoms with E-state index in [0.29, 0.717) is 0 Å². The van der Waals surface area contributed by atoms with Crippen molar-refractivity contribution >= 4 is 11.3 Å². The zero-order valence-electron chi connectivity index (χ0n) is 11.7. The maximum absolute atomic E-state index is 10.9. The number of rotatable bonds is 4. The summed E-state index contributed by atoms with van der Waals surface area (Å²) in [6.45, 7) is 2.80. The van der Waals surface area contributed by atoms with Gasteiger partial charge in [-0.1, -0.05) is 36.4 Å². The van der Waals surface area contributed by atoms with Crippen LogP contribution in [0.3, 0.4) is 0 Å². The molecule has 1 aliphatic heterocycles. The fourth-order valence-corrected chi connectivity index (χ4v) is 3.91. The van der Waals surface area contributed by atoms with Crippen molar-refractivity contribution in [1.82, 2.24) is 4.90 Å². The third kappa shape index (κ3) is 3.48. The molecule has 0 saturated carbocycles. The summed E-state index contributed by atoms with van der Waals surface area (Å²) in [6, 6.07) is 14.7. The molecule has 2 nitrogen and oxygen atoms in total. The Morgan fingerprint density at radius 2 is 2.00 bits per heavy atom. The van der Waals surface area contributed by atoms with E-state index in [1.54, 1.807) is 11.3 Å². The molecule has 2 heterocycles. The minimum absolute atomic E-state index is 0.558. The van der Waals surface area contributed by atoms with Gasteiger partial charge in [0.15, 0.2) is 0 Å². The van der Waals surface area contributed by atoms with Crippen LogP contribution in [0.4, 0.5) is 0 Å². The van der Waals surface area contributed by atoms with Gasteiger partial charge in [0, 0.05) is 24.4 Å². The lowest BCUT2D eigenvalue weighted by Gasteiger charge is -2.39.